The molecule has 0 fully saturated rings. The third-order valence-corrected chi connectivity index (χ3v) is 2.84. The lowest BCUT2D eigenvalue weighted by Gasteiger charge is -2.11. The van der Waals surface area contributed by atoms with Crippen molar-refractivity contribution >= 4 is 5.69 Å². The first-order valence-corrected chi connectivity index (χ1v) is 6.07. The Balaban J connectivity index is 2.11. The molecule has 0 unspecified atom stereocenters. The zero-order valence-electron chi connectivity index (χ0n) is 11.4. The number of methoxy groups -OCH3 is 2. The van der Waals surface area contributed by atoms with Crippen LogP contribution in [0.3, 0.4) is 0 Å². The number of nitrogens with zero attached hydrogens (tertiary/aromatic N) is 2. The van der Waals surface area contributed by atoms with Crippen molar-refractivity contribution in [1.29, 1.82) is 5.26 Å². The van der Waals surface area contributed by atoms with Crippen molar-refractivity contribution in [2.45, 2.75) is 6.54 Å². The van der Waals surface area contributed by atoms with Gasteiger partial charge in [-0.15, -0.1) is 0 Å². The van der Waals surface area contributed by atoms with Crippen LogP contribution >= 0.6 is 0 Å². The third-order valence-electron chi connectivity index (χ3n) is 2.84. The second-order valence-corrected chi connectivity index (χ2v) is 4.08. The van der Waals surface area contributed by atoms with Crippen LogP contribution in [0.1, 0.15) is 11.1 Å². The molecular formula is C15H15N3O2. The van der Waals surface area contributed by atoms with Gasteiger partial charge in [0.05, 0.1) is 37.7 Å². The van der Waals surface area contributed by atoms with Gasteiger partial charge in [0, 0.05) is 18.2 Å². The highest BCUT2D eigenvalue weighted by molar-refractivity contribution is 5.47. The molecule has 0 spiro atoms. The van der Waals surface area contributed by atoms with Gasteiger partial charge in [0.25, 0.3) is 0 Å². The van der Waals surface area contributed by atoms with E-state index in [1.807, 2.05) is 12.1 Å². The number of nitrogens with one attached hydrogen (secondary N) is 1. The molecule has 0 saturated carbocycles. The van der Waals surface area contributed by atoms with Gasteiger partial charge < -0.3 is 14.8 Å². The lowest BCUT2D eigenvalue weighted by molar-refractivity contribution is 0.398. The van der Waals surface area contributed by atoms with Crippen LogP contribution in [0.2, 0.25) is 0 Å². The molecule has 2 rings (SSSR count). The minimum atomic E-state index is 0.548. The number of ether oxygens (including phenoxy) is 2. The maximum absolute atomic E-state index is 8.93. The fourth-order valence-electron chi connectivity index (χ4n) is 1.79. The van der Waals surface area contributed by atoms with E-state index in [4.69, 9.17) is 14.7 Å². The Morgan fingerprint density at radius 2 is 2.05 bits per heavy atom. The zero-order valence-corrected chi connectivity index (χ0v) is 11.4. The van der Waals surface area contributed by atoms with E-state index in [-0.39, 0.29) is 0 Å². The lowest BCUT2D eigenvalue weighted by atomic mass is 10.1. The van der Waals surface area contributed by atoms with Crippen molar-refractivity contribution in [3.05, 3.63) is 47.7 Å². The van der Waals surface area contributed by atoms with Crippen LogP contribution in [0.5, 0.6) is 11.6 Å². The van der Waals surface area contributed by atoms with E-state index in [1.165, 1.54) is 0 Å². The normalized spacial score (nSPS) is 9.65. The topological polar surface area (TPSA) is 67.2 Å². The summed E-state index contributed by atoms with van der Waals surface area (Å²) in [4.78, 5) is 4.12. The highest BCUT2D eigenvalue weighted by Gasteiger charge is 2.04. The summed E-state index contributed by atoms with van der Waals surface area (Å²) in [6, 6.07) is 11.1. The van der Waals surface area contributed by atoms with Crippen molar-refractivity contribution in [2.24, 2.45) is 0 Å². The Morgan fingerprint density at radius 1 is 1.20 bits per heavy atom. The maximum Gasteiger partial charge on any atom is 0.213 e. The Kier molecular flexibility index (Phi) is 4.40. The van der Waals surface area contributed by atoms with Crippen LogP contribution in [0.15, 0.2) is 36.5 Å². The monoisotopic (exact) mass is 269 g/mol. The Labute approximate surface area is 117 Å². The van der Waals surface area contributed by atoms with Crippen molar-refractivity contribution in [3.63, 3.8) is 0 Å². The van der Waals surface area contributed by atoms with Crippen molar-refractivity contribution in [2.75, 3.05) is 19.5 Å². The largest absolute Gasteiger partial charge is 0.496 e. The zero-order chi connectivity index (χ0) is 14.4. The van der Waals surface area contributed by atoms with Crippen LogP contribution < -0.4 is 14.8 Å². The van der Waals surface area contributed by atoms with Crippen molar-refractivity contribution < 1.29 is 9.47 Å². The second kappa shape index (κ2) is 6.43. The van der Waals surface area contributed by atoms with Gasteiger partial charge in [-0.2, -0.15) is 5.26 Å². The summed E-state index contributed by atoms with van der Waals surface area (Å²) in [5, 5.41) is 12.2. The summed E-state index contributed by atoms with van der Waals surface area (Å²) in [5.41, 5.74) is 2.40. The molecule has 0 saturated heterocycles. The standard InChI is InChI=1S/C15H15N3O2/c1-19-14-5-3-11(8-16)7-12(14)9-17-13-4-6-15(20-2)18-10-13/h3-7,10,17H,9H2,1-2H3. The van der Waals surface area contributed by atoms with Gasteiger partial charge in [-0.3, -0.25) is 0 Å². The van der Waals surface area contributed by atoms with Gasteiger partial charge in [0.15, 0.2) is 0 Å². The lowest BCUT2D eigenvalue weighted by Crippen LogP contribution is -2.02. The summed E-state index contributed by atoms with van der Waals surface area (Å²) < 4.78 is 10.3. The Morgan fingerprint density at radius 3 is 2.65 bits per heavy atom. The molecular weight excluding hydrogens is 254 g/mol. The number of benzene rings is 1. The van der Waals surface area contributed by atoms with E-state index in [0.29, 0.717) is 18.0 Å². The number of hydrogen-bond donors (Lipinski definition) is 1. The maximum atomic E-state index is 8.93. The van der Waals surface area contributed by atoms with E-state index >= 15 is 0 Å². The van der Waals surface area contributed by atoms with Gasteiger partial charge >= 0.3 is 0 Å². The fourth-order valence-corrected chi connectivity index (χ4v) is 1.79. The average Bonchev–Trinajstić information content (AvgIpc) is 2.53. The summed E-state index contributed by atoms with van der Waals surface area (Å²) >= 11 is 0. The number of aromatic nitrogens is 1. The highest BCUT2D eigenvalue weighted by atomic mass is 16.5. The highest BCUT2D eigenvalue weighted by Crippen LogP contribution is 2.21. The van der Waals surface area contributed by atoms with Crippen molar-refractivity contribution in [3.8, 4) is 17.7 Å². The van der Waals surface area contributed by atoms with Gasteiger partial charge in [0.1, 0.15) is 5.75 Å². The Bertz CT molecular complexity index is 618. The summed E-state index contributed by atoms with van der Waals surface area (Å²) in [6.07, 6.45) is 1.69. The molecule has 20 heavy (non-hydrogen) atoms. The van der Waals surface area contributed by atoms with Gasteiger partial charge in [-0.05, 0) is 24.3 Å². The third kappa shape index (κ3) is 3.18. The first kappa shape index (κ1) is 13.7. The summed E-state index contributed by atoms with van der Waals surface area (Å²) in [6.45, 7) is 0.548. The average molecular weight is 269 g/mol. The first-order valence-electron chi connectivity index (χ1n) is 6.07. The predicted molar refractivity (Wildman–Crippen MR) is 75.8 cm³/mol. The number of rotatable bonds is 5. The van der Waals surface area contributed by atoms with Crippen LogP contribution in [0.4, 0.5) is 5.69 Å². The number of anilines is 1. The van der Waals surface area contributed by atoms with E-state index in [2.05, 4.69) is 16.4 Å². The van der Waals surface area contributed by atoms with E-state index in [0.717, 1.165) is 17.0 Å². The number of nitriles is 1. The molecule has 0 aliphatic rings. The van der Waals surface area contributed by atoms with Gasteiger partial charge in [-0.25, -0.2) is 4.98 Å². The van der Waals surface area contributed by atoms with E-state index in [9.17, 15) is 0 Å². The van der Waals surface area contributed by atoms with E-state index < -0.39 is 0 Å². The number of pyridine rings is 1. The molecule has 5 nitrogen and oxygen atoms in total. The van der Waals surface area contributed by atoms with Crippen LogP contribution in [-0.2, 0) is 6.54 Å². The minimum absolute atomic E-state index is 0.548. The smallest absolute Gasteiger partial charge is 0.213 e. The second-order valence-electron chi connectivity index (χ2n) is 4.08. The molecule has 0 amide bonds. The molecule has 2 aromatic rings. The molecule has 1 aromatic carbocycles. The van der Waals surface area contributed by atoms with E-state index in [1.54, 1.807) is 38.6 Å². The first-order chi connectivity index (χ1) is 9.76. The molecule has 1 heterocycles. The van der Waals surface area contributed by atoms with Gasteiger partial charge in [0.2, 0.25) is 5.88 Å². The van der Waals surface area contributed by atoms with Gasteiger partial charge in [-0.1, -0.05) is 0 Å². The summed E-state index contributed by atoms with van der Waals surface area (Å²) in [7, 11) is 3.19. The van der Waals surface area contributed by atoms with Crippen LogP contribution in [0.25, 0.3) is 0 Å². The molecule has 102 valence electrons. The molecule has 0 radical (unpaired) electrons. The molecule has 0 aliphatic heterocycles. The fraction of sp³-hybridized carbons (Fsp3) is 0.200. The minimum Gasteiger partial charge on any atom is -0.496 e. The SMILES string of the molecule is COc1ccc(NCc2cc(C#N)ccc2OC)cn1. The molecule has 0 aliphatic carbocycles. The summed E-state index contributed by atoms with van der Waals surface area (Å²) in [5.74, 6) is 1.32. The molecule has 1 N–H and O–H groups in total. The quantitative estimate of drug-likeness (QED) is 0.903. The van der Waals surface area contributed by atoms with Crippen LogP contribution in [0, 0.1) is 11.3 Å². The predicted octanol–water partition coefficient (Wildman–Crippen LogP) is 2.58. The molecule has 5 heteroatoms. The Hall–Kier alpha value is -2.74. The molecule has 0 bridgehead atoms. The number of hydrogen-bond acceptors (Lipinski definition) is 5. The molecule has 1 aromatic heterocycles. The molecule has 0 atom stereocenters. The van der Waals surface area contributed by atoms with Crippen LogP contribution in [-0.4, -0.2) is 19.2 Å². The van der Waals surface area contributed by atoms with Crippen molar-refractivity contribution in [1.82, 2.24) is 4.98 Å².